The second-order valence-corrected chi connectivity index (χ2v) is 6.32. The number of para-hydroxylation sites is 1. The Morgan fingerprint density at radius 3 is 2.42 bits per heavy atom. The minimum absolute atomic E-state index is 0.182. The SMILES string of the molecule is O=C([C@@H](c1ccccc1)N1CCc2ccccc21)N1CCOCC1. The van der Waals surface area contributed by atoms with Crippen molar-refractivity contribution in [1.82, 2.24) is 4.90 Å². The van der Waals surface area contributed by atoms with Crippen LogP contribution in [0.4, 0.5) is 5.69 Å². The van der Waals surface area contributed by atoms with Gasteiger partial charge in [0, 0.05) is 25.3 Å². The number of carbonyl (C=O) groups is 1. The fraction of sp³-hybridized carbons (Fsp3) is 0.350. The van der Waals surface area contributed by atoms with E-state index in [-0.39, 0.29) is 11.9 Å². The lowest BCUT2D eigenvalue weighted by Gasteiger charge is -2.35. The Hall–Kier alpha value is -2.33. The molecular weight excluding hydrogens is 300 g/mol. The molecule has 0 aromatic heterocycles. The number of amides is 1. The molecule has 0 unspecified atom stereocenters. The van der Waals surface area contributed by atoms with Crippen LogP contribution in [-0.4, -0.2) is 43.7 Å². The van der Waals surface area contributed by atoms with Gasteiger partial charge in [-0.05, 0) is 23.6 Å². The summed E-state index contributed by atoms with van der Waals surface area (Å²) in [4.78, 5) is 17.5. The monoisotopic (exact) mass is 322 g/mol. The van der Waals surface area contributed by atoms with Crippen LogP contribution in [0.3, 0.4) is 0 Å². The van der Waals surface area contributed by atoms with E-state index in [4.69, 9.17) is 4.74 Å². The van der Waals surface area contributed by atoms with Gasteiger partial charge in [-0.1, -0.05) is 48.5 Å². The van der Waals surface area contributed by atoms with Gasteiger partial charge in [0.15, 0.2) is 0 Å². The van der Waals surface area contributed by atoms with Crippen molar-refractivity contribution in [3.8, 4) is 0 Å². The lowest BCUT2D eigenvalue weighted by Crippen LogP contribution is -2.47. The third-order valence-corrected chi connectivity index (χ3v) is 4.91. The van der Waals surface area contributed by atoms with Gasteiger partial charge in [0.05, 0.1) is 13.2 Å². The normalized spacial score (nSPS) is 18.3. The molecule has 4 nitrogen and oxygen atoms in total. The first-order chi connectivity index (χ1) is 11.8. The molecule has 24 heavy (non-hydrogen) atoms. The first kappa shape index (κ1) is 15.2. The van der Waals surface area contributed by atoms with E-state index >= 15 is 0 Å². The van der Waals surface area contributed by atoms with Gasteiger partial charge in [-0.3, -0.25) is 4.79 Å². The molecule has 4 rings (SSSR count). The van der Waals surface area contributed by atoms with E-state index in [1.807, 2.05) is 23.1 Å². The van der Waals surface area contributed by atoms with Crippen LogP contribution in [0.25, 0.3) is 0 Å². The van der Waals surface area contributed by atoms with Crippen molar-refractivity contribution < 1.29 is 9.53 Å². The van der Waals surface area contributed by atoms with E-state index < -0.39 is 0 Å². The van der Waals surface area contributed by atoms with E-state index in [0.29, 0.717) is 26.3 Å². The van der Waals surface area contributed by atoms with Crippen LogP contribution in [0.5, 0.6) is 0 Å². The zero-order valence-corrected chi connectivity index (χ0v) is 13.7. The third-order valence-electron chi connectivity index (χ3n) is 4.91. The molecule has 1 atom stereocenters. The summed E-state index contributed by atoms with van der Waals surface area (Å²) in [5, 5.41) is 0. The summed E-state index contributed by atoms with van der Waals surface area (Å²) in [5.74, 6) is 0.182. The highest BCUT2D eigenvalue weighted by atomic mass is 16.5. The zero-order chi connectivity index (χ0) is 16.4. The van der Waals surface area contributed by atoms with Crippen molar-refractivity contribution in [3.05, 3.63) is 65.7 Å². The highest BCUT2D eigenvalue weighted by Crippen LogP contribution is 2.36. The Morgan fingerprint density at radius 2 is 1.62 bits per heavy atom. The molecule has 1 saturated heterocycles. The molecule has 2 aromatic carbocycles. The van der Waals surface area contributed by atoms with Gasteiger partial charge in [0.1, 0.15) is 6.04 Å². The molecule has 0 saturated carbocycles. The molecule has 2 aliphatic heterocycles. The molecule has 2 heterocycles. The number of hydrogen-bond donors (Lipinski definition) is 0. The van der Waals surface area contributed by atoms with Crippen molar-refractivity contribution in [2.45, 2.75) is 12.5 Å². The fourth-order valence-electron chi connectivity index (χ4n) is 3.68. The van der Waals surface area contributed by atoms with Gasteiger partial charge in [-0.25, -0.2) is 0 Å². The number of ether oxygens (including phenoxy) is 1. The maximum atomic E-state index is 13.3. The molecule has 2 aliphatic rings. The van der Waals surface area contributed by atoms with Gasteiger partial charge < -0.3 is 14.5 Å². The summed E-state index contributed by atoms with van der Waals surface area (Å²) in [6, 6.07) is 18.3. The first-order valence-electron chi connectivity index (χ1n) is 8.60. The molecule has 1 fully saturated rings. The number of carbonyl (C=O) groups excluding carboxylic acids is 1. The molecule has 0 spiro atoms. The van der Waals surface area contributed by atoms with Crippen LogP contribution >= 0.6 is 0 Å². The van der Waals surface area contributed by atoms with Crippen LogP contribution < -0.4 is 4.90 Å². The molecular formula is C20H22N2O2. The van der Waals surface area contributed by atoms with Crippen molar-refractivity contribution in [2.75, 3.05) is 37.7 Å². The van der Waals surface area contributed by atoms with Crippen LogP contribution in [0, 0.1) is 0 Å². The Balaban J connectivity index is 1.70. The summed E-state index contributed by atoms with van der Waals surface area (Å²) in [6.45, 7) is 3.50. The average Bonchev–Trinajstić information content (AvgIpc) is 3.07. The number of fused-ring (bicyclic) bond motifs is 1. The topological polar surface area (TPSA) is 32.8 Å². The molecule has 2 aromatic rings. The molecule has 4 heteroatoms. The number of rotatable bonds is 3. The van der Waals surface area contributed by atoms with Gasteiger partial charge >= 0.3 is 0 Å². The molecule has 0 radical (unpaired) electrons. The van der Waals surface area contributed by atoms with Crippen LogP contribution in [0.2, 0.25) is 0 Å². The molecule has 124 valence electrons. The quantitative estimate of drug-likeness (QED) is 0.871. The average molecular weight is 322 g/mol. The largest absolute Gasteiger partial charge is 0.378 e. The second kappa shape index (κ2) is 6.65. The minimum Gasteiger partial charge on any atom is -0.378 e. The lowest BCUT2D eigenvalue weighted by atomic mass is 10.0. The number of benzene rings is 2. The molecule has 0 bridgehead atoms. The highest BCUT2D eigenvalue weighted by Gasteiger charge is 2.35. The Bertz CT molecular complexity index is 711. The predicted molar refractivity (Wildman–Crippen MR) is 94.1 cm³/mol. The number of nitrogens with zero attached hydrogens (tertiary/aromatic N) is 2. The highest BCUT2D eigenvalue weighted by molar-refractivity contribution is 5.87. The van der Waals surface area contributed by atoms with Gasteiger partial charge in [-0.2, -0.15) is 0 Å². The molecule has 0 N–H and O–H groups in total. The van der Waals surface area contributed by atoms with E-state index in [1.54, 1.807) is 0 Å². The summed E-state index contributed by atoms with van der Waals surface area (Å²) in [7, 11) is 0. The standard InChI is InChI=1S/C20H22N2O2/c23-20(21-12-14-24-15-13-21)19(17-7-2-1-3-8-17)22-11-10-16-6-4-5-9-18(16)22/h1-9,19H,10-15H2/t19-/m1/s1. The minimum atomic E-state index is -0.257. The van der Waals surface area contributed by atoms with E-state index in [9.17, 15) is 4.79 Å². The molecule has 0 aliphatic carbocycles. The van der Waals surface area contributed by atoms with Crippen molar-refractivity contribution in [3.63, 3.8) is 0 Å². The Labute approximate surface area is 142 Å². The van der Waals surface area contributed by atoms with E-state index in [2.05, 4.69) is 41.3 Å². The fourth-order valence-corrected chi connectivity index (χ4v) is 3.68. The smallest absolute Gasteiger partial charge is 0.250 e. The number of hydrogen-bond acceptors (Lipinski definition) is 3. The number of morpholine rings is 1. The van der Waals surface area contributed by atoms with E-state index in [1.165, 1.54) is 11.3 Å². The second-order valence-electron chi connectivity index (χ2n) is 6.32. The summed E-state index contributed by atoms with van der Waals surface area (Å²) >= 11 is 0. The predicted octanol–water partition coefficient (Wildman–Crippen LogP) is 2.65. The van der Waals surface area contributed by atoms with Gasteiger partial charge in [-0.15, -0.1) is 0 Å². The van der Waals surface area contributed by atoms with Gasteiger partial charge in [0.25, 0.3) is 0 Å². The van der Waals surface area contributed by atoms with Crippen molar-refractivity contribution in [1.29, 1.82) is 0 Å². The van der Waals surface area contributed by atoms with E-state index in [0.717, 1.165) is 18.5 Å². The first-order valence-corrected chi connectivity index (χ1v) is 8.60. The maximum Gasteiger partial charge on any atom is 0.250 e. The summed E-state index contributed by atoms with van der Waals surface area (Å²) in [6.07, 6.45) is 0.996. The van der Waals surface area contributed by atoms with Crippen LogP contribution in [-0.2, 0) is 16.0 Å². The maximum absolute atomic E-state index is 13.3. The van der Waals surface area contributed by atoms with Crippen LogP contribution in [0.15, 0.2) is 54.6 Å². The van der Waals surface area contributed by atoms with Crippen LogP contribution in [0.1, 0.15) is 17.2 Å². The summed E-state index contributed by atoms with van der Waals surface area (Å²) in [5.41, 5.74) is 3.58. The van der Waals surface area contributed by atoms with Crippen molar-refractivity contribution in [2.24, 2.45) is 0 Å². The summed E-state index contributed by atoms with van der Waals surface area (Å²) < 4.78 is 5.41. The Morgan fingerprint density at radius 1 is 0.917 bits per heavy atom. The van der Waals surface area contributed by atoms with Gasteiger partial charge in [0.2, 0.25) is 5.91 Å². The Kier molecular flexibility index (Phi) is 4.22. The zero-order valence-electron chi connectivity index (χ0n) is 13.7. The molecule has 1 amide bonds. The third kappa shape index (κ3) is 2.78. The lowest BCUT2D eigenvalue weighted by molar-refractivity contribution is -0.136. The number of anilines is 1. The van der Waals surface area contributed by atoms with Crippen molar-refractivity contribution >= 4 is 11.6 Å².